The highest BCUT2D eigenvalue weighted by molar-refractivity contribution is 6.84. The molecule has 4 N–H and O–H groups in total. The normalized spacial score (nSPS) is 21.9. The summed E-state index contributed by atoms with van der Waals surface area (Å²) in [5.41, 5.74) is 13.3. The lowest BCUT2D eigenvalue weighted by Crippen LogP contribution is -2.65. The summed E-state index contributed by atoms with van der Waals surface area (Å²) in [6.45, 7) is 19.6. The van der Waals surface area contributed by atoms with Crippen molar-refractivity contribution in [3.05, 3.63) is 23.8 Å². The molecule has 2 aromatic rings. The second-order valence-electron chi connectivity index (χ2n) is 12.4. The first-order valence-electron chi connectivity index (χ1n) is 14.8. The average molecular weight is 649 g/mol. The van der Waals surface area contributed by atoms with E-state index in [9.17, 15) is 9.59 Å². The van der Waals surface area contributed by atoms with Gasteiger partial charge in [0, 0.05) is 20.0 Å². The van der Waals surface area contributed by atoms with E-state index in [2.05, 4.69) is 70.5 Å². The first-order chi connectivity index (χ1) is 20.6. The minimum atomic E-state index is -3.10. The van der Waals surface area contributed by atoms with Crippen LogP contribution in [-0.2, 0) is 36.9 Å². The highest BCUT2D eigenvalue weighted by atomic mass is 28.5. The van der Waals surface area contributed by atoms with Gasteiger partial charge in [-0.1, -0.05) is 60.5 Å². The summed E-state index contributed by atoms with van der Waals surface area (Å²) in [6.07, 6.45) is 1.34. The van der Waals surface area contributed by atoms with Crippen LogP contribution in [0.3, 0.4) is 0 Å². The third-order valence-corrected chi connectivity index (χ3v) is 18.3. The predicted molar refractivity (Wildman–Crippen MR) is 168 cm³/mol. The zero-order valence-corrected chi connectivity index (χ0v) is 29.0. The molecule has 1 saturated heterocycles. The van der Waals surface area contributed by atoms with E-state index in [-0.39, 0.29) is 57.6 Å². The molecule has 0 bridgehead atoms. The number of fused-ring (bicyclic) bond motifs is 2. The number of anilines is 1. The Kier molecular flexibility index (Phi) is 9.61. The number of nitrogens with zero attached hydrogens (tertiary/aromatic N) is 4. The van der Waals surface area contributed by atoms with Crippen molar-refractivity contribution in [2.75, 3.05) is 12.3 Å². The molecular formula is C28H44N6O8Si2. The predicted octanol–water partition coefficient (Wildman–Crippen LogP) is 4.24. The number of hydrogen-bond donors (Lipinski definition) is 2. The molecule has 0 saturated carbocycles. The molecular weight excluding hydrogens is 605 g/mol. The van der Waals surface area contributed by atoms with Gasteiger partial charge in [0.1, 0.15) is 12.1 Å². The first kappa shape index (κ1) is 33.6. The molecule has 2 aliphatic heterocycles. The van der Waals surface area contributed by atoms with Crippen LogP contribution in [0.1, 0.15) is 74.8 Å². The summed E-state index contributed by atoms with van der Waals surface area (Å²) >= 11 is 0. The van der Waals surface area contributed by atoms with Crippen LogP contribution in [0.5, 0.6) is 0 Å². The van der Waals surface area contributed by atoms with Crippen molar-refractivity contribution in [3.8, 4) is 0 Å². The second kappa shape index (κ2) is 12.6. The molecule has 0 amide bonds. The van der Waals surface area contributed by atoms with Crippen molar-refractivity contribution in [3.63, 3.8) is 0 Å². The monoisotopic (exact) mass is 648 g/mol. The van der Waals surface area contributed by atoms with E-state index < -0.39 is 41.3 Å². The Balaban J connectivity index is 1.96. The van der Waals surface area contributed by atoms with E-state index in [0.29, 0.717) is 11.0 Å². The van der Waals surface area contributed by atoms with Crippen LogP contribution in [-0.4, -0.2) is 68.2 Å². The third kappa shape index (κ3) is 5.88. The summed E-state index contributed by atoms with van der Waals surface area (Å²) in [5, 5.41) is 4.06. The molecule has 4 rings (SSSR count). The van der Waals surface area contributed by atoms with Gasteiger partial charge >= 0.3 is 29.1 Å². The lowest BCUT2D eigenvalue weighted by Gasteiger charge is -2.51. The highest BCUT2D eigenvalue weighted by Gasteiger charge is 2.61. The quantitative estimate of drug-likeness (QED) is 0.104. The Labute approximate surface area is 259 Å². The average Bonchev–Trinajstić information content (AvgIpc) is 3.45. The van der Waals surface area contributed by atoms with Gasteiger partial charge in [0.2, 0.25) is 5.88 Å². The van der Waals surface area contributed by atoms with Crippen LogP contribution in [0.25, 0.3) is 16.9 Å². The molecule has 0 spiro atoms. The van der Waals surface area contributed by atoms with Gasteiger partial charge in [-0.05, 0) is 22.2 Å². The van der Waals surface area contributed by atoms with Crippen LogP contribution in [0, 0.1) is 0 Å². The Hall–Kier alpha value is -3.32. The van der Waals surface area contributed by atoms with E-state index in [1.807, 2.05) is 0 Å². The van der Waals surface area contributed by atoms with E-state index in [1.165, 1.54) is 20.2 Å². The Morgan fingerprint density at radius 1 is 1.00 bits per heavy atom. The molecule has 16 heteroatoms. The highest BCUT2D eigenvalue weighted by Crippen LogP contribution is 2.49. The van der Waals surface area contributed by atoms with Crippen LogP contribution in [0.4, 0.5) is 5.82 Å². The SMILES string of the molecule is CC(=O)ON=C(N)c1cn(C2=C(OC(C)=O)C3O[Si](C(C)C)(C(C)C)O[Si](C(C)C)(C(C)C)OCC3O2)c2ncnc(N)c12. The fourth-order valence-corrected chi connectivity index (χ4v) is 17.1. The smallest absolute Gasteiger partial charge is 0.335 e. The zero-order chi connectivity index (χ0) is 32.7. The zero-order valence-electron chi connectivity index (χ0n) is 27.0. The molecule has 0 aromatic carbocycles. The molecule has 2 aliphatic rings. The molecule has 44 heavy (non-hydrogen) atoms. The Bertz CT molecular complexity index is 1470. The third-order valence-electron chi connectivity index (χ3n) is 8.03. The number of rotatable bonds is 8. The summed E-state index contributed by atoms with van der Waals surface area (Å²) in [7, 11) is -5.96. The molecule has 2 unspecified atom stereocenters. The summed E-state index contributed by atoms with van der Waals surface area (Å²) in [6, 6.07) is 0. The van der Waals surface area contributed by atoms with E-state index in [1.54, 1.807) is 10.8 Å². The summed E-state index contributed by atoms with van der Waals surface area (Å²) in [4.78, 5) is 37.2. The molecule has 2 aromatic heterocycles. The van der Waals surface area contributed by atoms with Gasteiger partial charge in [0.25, 0.3) is 0 Å². The molecule has 14 nitrogen and oxygen atoms in total. The van der Waals surface area contributed by atoms with Gasteiger partial charge in [-0.25, -0.2) is 14.8 Å². The van der Waals surface area contributed by atoms with Crippen LogP contribution >= 0.6 is 0 Å². The van der Waals surface area contributed by atoms with Gasteiger partial charge in [-0.3, -0.25) is 9.36 Å². The van der Waals surface area contributed by atoms with Crippen molar-refractivity contribution in [2.45, 2.75) is 104 Å². The largest absolute Gasteiger partial charge is 0.467 e. The maximum Gasteiger partial charge on any atom is 0.335 e. The molecule has 2 atom stereocenters. The van der Waals surface area contributed by atoms with Crippen molar-refractivity contribution in [1.29, 1.82) is 0 Å². The van der Waals surface area contributed by atoms with Gasteiger partial charge < -0.3 is 38.7 Å². The fourth-order valence-electron chi connectivity index (χ4n) is 5.96. The number of nitrogen functional groups attached to an aromatic ring is 1. The maximum absolute atomic E-state index is 12.5. The lowest BCUT2D eigenvalue weighted by molar-refractivity contribution is -0.141. The standard InChI is InChI=1S/C28H44N6O8Si2/c1-14(2)43(15(3)4)37-12-21-23(41-44(42-43,16(5)6)17(7)8)24(38-18(9)35)28(39-21)34-11-20(25(29)33-40-19(10)36)22-26(30)31-13-32-27(22)34/h11,13-17,21,23H,12H2,1-10H3,(H2,29,33)(H2,30,31,32). The number of aromatic nitrogens is 3. The van der Waals surface area contributed by atoms with Gasteiger partial charge in [-0.15, -0.1) is 0 Å². The molecule has 0 aliphatic carbocycles. The van der Waals surface area contributed by atoms with Gasteiger partial charge in [0.05, 0.1) is 17.6 Å². The minimum absolute atomic E-state index is 0.0284. The van der Waals surface area contributed by atoms with Crippen molar-refractivity contribution in [1.82, 2.24) is 14.5 Å². The fraction of sp³-hybridized carbons (Fsp3) is 0.607. The Morgan fingerprint density at radius 3 is 2.16 bits per heavy atom. The number of nitrogens with two attached hydrogens (primary N) is 2. The molecule has 0 radical (unpaired) electrons. The summed E-state index contributed by atoms with van der Waals surface area (Å²) < 4.78 is 35.2. The number of carbonyl (C=O) groups excluding carboxylic acids is 2. The number of amidine groups is 1. The number of ether oxygens (including phenoxy) is 2. The summed E-state index contributed by atoms with van der Waals surface area (Å²) in [5.74, 6) is -0.967. The lowest BCUT2D eigenvalue weighted by atomic mass is 10.2. The molecule has 242 valence electrons. The topological polar surface area (TPSA) is 185 Å². The van der Waals surface area contributed by atoms with Crippen molar-refractivity contribution < 1.29 is 36.9 Å². The van der Waals surface area contributed by atoms with Crippen molar-refractivity contribution >= 4 is 57.6 Å². The van der Waals surface area contributed by atoms with E-state index in [0.717, 1.165) is 0 Å². The number of esters is 1. The van der Waals surface area contributed by atoms with Gasteiger partial charge in [0.15, 0.2) is 29.4 Å². The molecule has 4 heterocycles. The number of carbonyl (C=O) groups is 2. The van der Waals surface area contributed by atoms with Crippen molar-refractivity contribution in [2.24, 2.45) is 10.9 Å². The molecule has 1 fully saturated rings. The van der Waals surface area contributed by atoms with Crippen LogP contribution in [0.15, 0.2) is 23.4 Å². The maximum atomic E-state index is 12.5. The number of hydrogen-bond acceptors (Lipinski definition) is 12. The van der Waals surface area contributed by atoms with Crippen LogP contribution < -0.4 is 11.5 Å². The van der Waals surface area contributed by atoms with E-state index in [4.69, 9.17) is 38.7 Å². The number of oxime groups is 1. The van der Waals surface area contributed by atoms with Crippen LogP contribution in [0.2, 0.25) is 22.2 Å². The second-order valence-corrected chi connectivity index (χ2v) is 21.2. The first-order valence-corrected chi connectivity index (χ1v) is 18.7. The van der Waals surface area contributed by atoms with E-state index >= 15 is 0 Å². The van der Waals surface area contributed by atoms with Gasteiger partial charge in [-0.2, -0.15) is 0 Å². The Morgan fingerprint density at radius 2 is 1.61 bits per heavy atom. The minimum Gasteiger partial charge on any atom is -0.467 e.